The zero-order valence-corrected chi connectivity index (χ0v) is 15.4. The summed E-state index contributed by atoms with van der Waals surface area (Å²) in [5.74, 6) is -0.104. The zero-order valence-electron chi connectivity index (χ0n) is 13.8. The number of likely N-dealkylation sites (tertiary alicyclic amines) is 1. The Morgan fingerprint density at radius 1 is 1.46 bits per heavy atom. The lowest BCUT2D eigenvalue weighted by atomic mass is 9.97. The third kappa shape index (κ3) is 5.13. The van der Waals surface area contributed by atoms with Gasteiger partial charge in [-0.05, 0) is 31.9 Å². The molecule has 0 aromatic heterocycles. The molecule has 0 radical (unpaired) electrons. The van der Waals surface area contributed by atoms with E-state index in [2.05, 4.69) is 5.32 Å². The molecule has 2 atom stereocenters. The SMILES string of the molecule is CC(Sc1ccccc1Cl)C(=O)N1CCCC(C(=O)NCCN)C1. The zero-order chi connectivity index (χ0) is 17.5. The maximum Gasteiger partial charge on any atom is 0.235 e. The second kappa shape index (κ2) is 9.30. The smallest absolute Gasteiger partial charge is 0.235 e. The molecule has 1 aliphatic rings. The number of benzene rings is 1. The van der Waals surface area contributed by atoms with E-state index in [-0.39, 0.29) is 23.0 Å². The molecule has 1 aromatic carbocycles. The lowest BCUT2D eigenvalue weighted by Gasteiger charge is -2.33. The minimum absolute atomic E-state index is 0.00985. The number of halogens is 1. The van der Waals surface area contributed by atoms with Crippen molar-refractivity contribution >= 4 is 35.2 Å². The van der Waals surface area contributed by atoms with Gasteiger partial charge in [-0.2, -0.15) is 0 Å². The van der Waals surface area contributed by atoms with Gasteiger partial charge in [0, 0.05) is 31.1 Å². The fourth-order valence-corrected chi connectivity index (χ4v) is 4.01. The topological polar surface area (TPSA) is 75.4 Å². The van der Waals surface area contributed by atoms with Gasteiger partial charge in [-0.1, -0.05) is 23.7 Å². The van der Waals surface area contributed by atoms with Gasteiger partial charge in [-0.15, -0.1) is 11.8 Å². The molecule has 0 spiro atoms. The van der Waals surface area contributed by atoms with Crippen LogP contribution in [0.2, 0.25) is 5.02 Å². The first-order valence-corrected chi connectivity index (χ1v) is 9.46. The lowest BCUT2D eigenvalue weighted by Crippen LogP contribution is -2.48. The van der Waals surface area contributed by atoms with Gasteiger partial charge in [-0.3, -0.25) is 9.59 Å². The van der Waals surface area contributed by atoms with Gasteiger partial charge in [0.25, 0.3) is 0 Å². The molecule has 1 heterocycles. The molecule has 0 bridgehead atoms. The fraction of sp³-hybridized carbons (Fsp3) is 0.529. The number of carbonyl (C=O) groups excluding carboxylic acids is 2. The van der Waals surface area contributed by atoms with E-state index in [4.69, 9.17) is 17.3 Å². The Kier molecular flexibility index (Phi) is 7.40. The molecular weight excluding hydrogens is 346 g/mol. The largest absolute Gasteiger partial charge is 0.355 e. The average Bonchev–Trinajstić information content (AvgIpc) is 2.61. The number of hydrogen-bond acceptors (Lipinski definition) is 4. The van der Waals surface area contributed by atoms with Crippen molar-refractivity contribution in [2.45, 2.75) is 29.9 Å². The predicted molar refractivity (Wildman–Crippen MR) is 98.1 cm³/mol. The number of rotatable bonds is 6. The van der Waals surface area contributed by atoms with Crippen molar-refractivity contribution in [2.24, 2.45) is 11.7 Å². The molecule has 2 rings (SSSR count). The van der Waals surface area contributed by atoms with E-state index in [1.165, 1.54) is 11.8 Å². The van der Waals surface area contributed by atoms with E-state index in [9.17, 15) is 9.59 Å². The number of piperidine rings is 1. The van der Waals surface area contributed by atoms with Crippen LogP contribution in [-0.2, 0) is 9.59 Å². The molecule has 24 heavy (non-hydrogen) atoms. The van der Waals surface area contributed by atoms with Crippen LogP contribution in [0.25, 0.3) is 0 Å². The molecule has 0 aliphatic carbocycles. The summed E-state index contributed by atoms with van der Waals surface area (Å²) in [5.41, 5.74) is 5.41. The van der Waals surface area contributed by atoms with Crippen molar-refractivity contribution in [3.05, 3.63) is 29.3 Å². The third-order valence-corrected chi connectivity index (χ3v) is 5.64. The van der Waals surface area contributed by atoms with Crippen LogP contribution in [0.5, 0.6) is 0 Å². The molecule has 5 nitrogen and oxygen atoms in total. The summed E-state index contributed by atoms with van der Waals surface area (Å²) in [6, 6.07) is 7.51. The van der Waals surface area contributed by atoms with Gasteiger partial charge in [-0.25, -0.2) is 0 Å². The van der Waals surface area contributed by atoms with Crippen molar-refractivity contribution in [3.8, 4) is 0 Å². The first-order valence-electron chi connectivity index (χ1n) is 8.20. The summed E-state index contributed by atoms with van der Waals surface area (Å²) in [6.07, 6.45) is 1.65. The maximum absolute atomic E-state index is 12.7. The Hall–Kier alpha value is -1.24. The van der Waals surface area contributed by atoms with Crippen LogP contribution >= 0.6 is 23.4 Å². The number of nitrogens with one attached hydrogen (secondary N) is 1. The Bertz CT molecular complexity index is 585. The van der Waals surface area contributed by atoms with Crippen molar-refractivity contribution in [1.82, 2.24) is 10.2 Å². The van der Waals surface area contributed by atoms with E-state index >= 15 is 0 Å². The van der Waals surface area contributed by atoms with Crippen LogP contribution in [-0.4, -0.2) is 48.1 Å². The van der Waals surface area contributed by atoms with Crippen molar-refractivity contribution in [1.29, 1.82) is 0 Å². The van der Waals surface area contributed by atoms with Crippen LogP contribution in [0.4, 0.5) is 0 Å². The predicted octanol–water partition coefficient (Wildman–Crippen LogP) is 2.13. The highest BCUT2D eigenvalue weighted by Crippen LogP contribution is 2.31. The molecule has 7 heteroatoms. The Morgan fingerprint density at radius 2 is 2.21 bits per heavy atom. The average molecular weight is 370 g/mol. The highest BCUT2D eigenvalue weighted by Gasteiger charge is 2.30. The van der Waals surface area contributed by atoms with Crippen LogP contribution < -0.4 is 11.1 Å². The highest BCUT2D eigenvalue weighted by molar-refractivity contribution is 8.00. The standard InChI is InChI=1S/C17H24ClN3O2S/c1-12(24-15-7-3-2-6-14(15)18)17(23)21-10-4-5-13(11-21)16(22)20-9-8-19/h2-3,6-7,12-13H,4-5,8-11,19H2,1H3,(H,20,22). The van der Waals surface area contributed by atoms with Crippen molar-refractivity contribution < 1.29 is 9.59 Å². The normalized spacial score (nSPS) is 19.0. The first kappa shape index (κ1) is 19.1. The maximum atomic E-state index is 12.7. The summed E-state index contributed by atoms with van der Waals surface area (Å²) in [4.78, 5) is 27.5. The van der Waals surface area contributed by atoms with Gasteiger partial charge >= 0.3 is 0 Å². The summed E-state index contributed by atoms with van der Waals surface area (Å²) in [6.45, 7) is 3.96. The first-order chi connectivity index (χ1) is 11.5. The highest BCUT2D eigenvalue weighted by atomic mass is 35.5. The van der Waals surface area contributed by atoms with E-state index in [0.29, 0.717) is 31.2 Å². The molecule has 2 unspecified atom stereocenters. The second-order valence-corrected chi connectivity index (χ2v) is 7.68. The molecule has 0 saturated carbocycles. The van der Waals surface area contributed by atoms with E-state index in [0.717, 1.165) is 17.7 Å². The number of carbonyl (C=O) groups is 2. The quantitative estimate of drug-likeness (QED) is 0.753. The Labute approximate surface area is 152 Å². The van der Waals surface area contributed by atoms with Crippen LogP contribution in [0, 0.1) is 5.92 Å². The van der Waals surface area contributed by atoms with Crippen LogP contribution in [0.1, 0.15) is 19.8 Å². The number of nitrogens with zero attached hydrogens (tertiary/aromatic N) is 1. The second-order valence-electron chi connectivity index (χ2n) is 5.89. The molecule has 1 aromatic rings. The van der Waals surface area contributed by atoms with Gasteiger partial charge in [0.2, 0.25) is 11.8 Å². The van der Waals surface area contributed by atoms with Gasteiger partial charge < -0.3 is 16.0 Å². The molecule has 1 saturated heterocycles. The number of nitrogens with two attached hydrogens (primary N) is 1. The van der Waals surface area contributed by atoms with Crippen molar-refractivity contribution in [3.63, 3.8) is 0 Å². The molecule has 3 N–H and O–H groups in total. The third-order valence-electron chi connectivity index (χ3n) is 4.04. The van der Waals surface area contributed by atoms with Gasteiger partial charge in [0.15, 0.2) is 0 Å². The molecule has 2 amide bonds. The molecule has 132 valence electrons. The minimum atomic E-state index is -0.240. The van der Waals surface area contributed by atoms with Crippen LogP contribution in [0.3, 0.4) is 0 Å². The van der Waals surface area contributed by atoms with Gasteiger partial charge in [0.05, 0.1) is 16.2 Å². The fourth-order valence-electron chi connectivity index (χ4n) is 2.77. The Balaban J connectivity index is 1.93. The van der Waals surface area contributed by atoms with Crippen LogP contribution in [0.15, 0.2) is 29.2 Å². The molecular formula is C17H24ClN3O2S. The minimum Gasteiger partial charge on any atom is -0.355 e. The van der Waals surface area contributed by atoms with E-state index < -0.39 is 0 Å². The number of amides is 2. The lowest BCUT2D eigenvalue weighted by molar-refractivity contribution is -0.135. The summed E-state index contributed by atoms with van der Waals surface area (Å²) in [5, 5.41) is 3.23. The van der Waals surface area contributed by atoms with Gasteiger partial charge in [0.1, 0.15) is 0 Å². The number of thioether (sulfide) groups is 1. The monoisotopic (exact) mass is 369 g/mol. The van der Waals surface area contributed by atoms with E-state index in [1.807, 2.05) is 31.2 Å². The number of hydrogen-bond donors (Lipinski definition) is 2. The summed E-state index contributed by atoms with van der Waals surface area (Å²) >= 11 is 7.62. The van der Waals surface area contributed by atoms with Crippen molar-refractivity contribution in [2.75, 3.05) is 26.2 Å². The molecule has 1 fully saturated rings. The summed E-state index contributed by atoms with van der Waals surface area (Å²) in [7, 11) is 0. The summed E-state index contributed by atoms with van der Waals surface area (Å²) < 4.78 is 0. The Morgan fingerprint density at radius 3 is 2.92 bits per heavy atom. The molecule has 1 aliphatic heterocycles. The van der Waals surface area contributed by atoms with E-state index in [1.54, 1.807) is 4.90 Å².